The maximum atomic E-state index is 13.0. The van der Waals surface area contributed by atoms with Gasteiger partial charge in [0, 0.05) is 12.0 Å². The van der Waals surface area contributed by atoms with Gasteiger partial charge in [-0.05, 0) is 17.5 Å². The van der Waals surface area contributed by atoms with E-state index in [4.69, 9.17) is 9.47 Å². The molecule has 154 valence electrons. The predicted molar refractivity (Wildman–Crippen MR) is 110 cm³/mol. The highest BCUT2D eigenvalue weighted by atomic mass is 16.5. The van der Waals surface area contributed by atoms with Crippen LogP contribution in [0.1, 0.15) is 43.9 Å². The molecule has 2 aromatic carbocycles. The number of carbonyl (C=O) groups excluding carboxylic acids is 2. The van der Waals surface area contributed by atoms with Crippen molar-refractivity contribution < 1.29 is 19.1 Å². The van der Waals surface area contributed by atoms with Crippen LogP contribution in [0.4, 0.5) is 4.79 Å². The molecule has 1 aliphatic rings. The summed E-state index contributed by atoms with van der Waals surface area (Å²) in [5.74, 6) is 0.548. The molecule has 2 N–H and O–H groups in total. The van der Waals surface area contributed by atoms with Crippen LogP contribution in [0.2, 0.25) is 0 Å². The average Bonchev–Trinajstić information content (AvgIpc) is 2.76. The van der Waals surface area contributed by atoms with Gasteiger partial charge in [-0.15, -0.1) is 0 Å². The quantitative estimate of drug-likeness (QED) is 0.743. The van der Waals surface area contributed by atoms with Crippen LogP contribution < -0.4 is 15.4 Å². The second-order valence-electron chi connectivity index (χ2n) is 7.31. The third-order valence-electron chi connectivity index (χ3n) is 5.26. The number of alkyl carbamates (subject to hydrolysis) is 1. The van der Waals surface area contributed by atoms with E-state index >= 15 is 0 Å². The third-order valence-corrected chi connectivity index (χ3v) is 5.26. The Morgan fingerprint density at radius 2 is 1.86 bits per heavy atom. The number of carbonyl (C=O) groups is 2. The molecule has 1 aliphatic heterocycles. The van der Waals surface area contributed by atoms with Crippen molar-refractivity contribution in [2.24, 2.45) is 5.92 Å². The van der Waals surface area contributed by atoms with Gasteiger partial charge in [0.1, 0.15) is 18.4 Å². The first kappa shape index (κ1) is 20.7. The number of rotatable bonds is 7. The third kappa shape index (κ3) is 5.50. The number of fused-ring (bicyclic) bond motifs is 1. The summed E-state index contributed by atoms with van der Waals surface area (Å²) in [5.41, 5.74) is 1.85. The van der Waals surface area contributed by atoms with Crippen LogP contribution in [0, 0.1) is 5.92 Å². The van der Waals surface area contributed by atoms with Crippen LogP contribution in [0.15, 0.2) is 54.6 Å². The highest BCUT2D eigenvalue weighted by Crippen LogP contribution is 2.31. The molecule has 0 radical (unpaired) electrons. The molecular formula is C23H28N2O4. The molecule has 6 heteroatoms. The maximum absolute atomic E-state index is 13.0. The first-order valence-corrected chi connectivity index (χ1v) is 10.1. The van der Waals surface area contributed by atoms with Crippen molar-refractivity contribution in [3.05, 3.63) is 65.7 Å². The molecule has 0 fully saturated rings. The van der Waals surface area contributed by atoms with E-state index in [2.05, 4.69) is 10.6 Å². The Morgan fingerprint density at radius 3 is 2.62 bits per heavy atom. The number of ether oxygens (including phenoxy) is 2. The Labute approximate surface area is 171 Å². The summed E-state index contributed by atoms with van der Waals surface area (Å²) in [4.78, 5) is 25.3. The molecule has 0 saturated carbocycles. The van der Waals surface area contributed by atoms with Crippen molar-refractivity contribution in [2.45, 2.75) is 45.4 Å². The molecule has 0 aromatic heterocycles. The minimum Gasteiger partial charge on any atom is -0.493 e. The summed E-state index contributed by atoms with van der Waals surface area (Å²) >= 11 is 0. The molecule has 2 aromatic rings. The summed E-state index contributed by atoms with van der Waals surface area (Å²) < 4.78 is 11.0. The largest absolute Gasteiger partial charge is 0.493 e. The van der Waals surface area contributed by atoms with Crippen LogP contribution >= 0.6 is 0 Å². The maximum Gasteiger partial charge on any atom is 0.408 e. The Kier molecular flexibility index (Phi) is 7.11. The molecule has 0 aliphatic carbocycles. The fraction of sp³-hybridized carbons (Fsp3) is 0.391. The minimum absolute atomic E-state index is 0.0330. The minimum atomic E-state index is -0.668. The lowest BCUT2D eigenvalue weighted by atomic mass is 9.96. The first-order chi connectivity index (χ1) is 14.1. The van der Waals surface area contributed by atoms with Gasteiger partial charge < -0.3 is 20.1 Å². The van der Waals surface area contributed by atoms with Crippen molar-refractivity contribution in [1.82, 2.24) is 10.6 Å². The van der Waals surface area contributed by atoms with E-state index in [1.807, 2.05) is 68.4 Å². The monoisotopic (exact) mass is 396 g/mol. The zero-order valence-corrected chi connectivity index (χ0v) is 16.9. The Hall–Kier alpha value is -3.02. The van der Waals surface area contributed by atoms with Crippen LogP contribution in [0.25, 0.3) is 0 Å². The van der Waals surface area contributed by atoms with Crippen LogP contribution in [-0.2, 0) is 16.1 Å². The molecule has 3 rings (SSSR count). The van der Waals surface area contributed by atoms with E-state index in [1.165, 1.54) is 0 Å². The van der Waals surface area contributed by atoms with Crippen molar-refractivity contribution in [2.75, 3.05) is 6.61 Å². The molecular weight excluding hydrogens is 368 g/mol. The van der Waals surface area contributed by atoms with Gasteiger partial charge in [0.2, 0.25) is 5.91 Å². The molecule has 6 nitrogen and oxygen atoms in total. The first-order valence-electron chi connectivity index (χ1n) is 10.1. The summed E-state index contributed by atoms with van der Waals surface area (Å²) in [7, 11) is 0. The number of amides is 2. The lowest BCUT2D eigenvalue weighted by Gasteiger charge is -2.30. The summed E-state index contributed by atoms with van der Waals surface area (Å²) in [5, 5.41) is 5.83. The number of benzene rings is 2. The molecule has 1 heterocycles. The van der Waals surface area contributed by atoms with E-state index in [0.717, 1.165) is 23.3 Å². The number of nitrogens with one attached hydrogen (secondary N) is 2. The van der Waals surface area contributed by atoms with Gasteiger partial charge in [0.25, 0.3) is 0 Å². The Bertz CT molecular complexity index is 825. The van der Waals surface area contributed by atoms with E-state index in [0.29, 0.717) is 13.0 Å². The number of hydrogen-bond donors (Lipinski definition) is 2. The Balaban J connectivity index is 1.62. The lowest BCUT2D eigenvalue weighted by molar-refractivity contribution is -0.125. The topological polar surface area (TPSA) is 76.7 Å². The van der Waals surface area contributed by atoms with Crippen LogP contribution in [0.3, 0.4) is 0 Å². The highest BCUT2D eigenvalue weighted by Gasteiger charge is 2.30. The van der Waals surface area contributed by atoms with E-state index in [1.54, 1.807) is 0 Å². The predicted octanol–water partition coefficient (Wildman–Crippen LogP) is 3.97. The average molecular weight is 396 g/mol. The second kappa shape index (κ2) is 9.96. The van der Waals surface area contributed by atoms with Crippen molar-refractivity contribution >= 4 is 12.0 Å². The zero-order valence-electron chi connectivity index (χ0n) is 16.9. The fourth-order valence-corrected chi connectivity index (χ4v) is 3.35. The second-order valence-corrected chi connectivity index (χ2v) is 7.31. The van der Waals surface area contributed by atoms with Gasteiger partial charge in [-0.25, -0.2) is 4.79 Å². The molecule has 3 atom stereocenters. The lowest BCUT2D eigenvalue weighted by Crippen LogP contribution is -2.51. The van der Waals surface area contributed by atoms with E-state index in [9.17, 15) is 9.59 Å². The molecule has 0 saturated heterocycles. The smallest absolute Gasteiger partial charge is 0.408 e. The standard InChI is InChI=1S/C23H28N2O4/c1-3-16(2)21(25-23(27)29-15-17-9-5-4-6-10-17)22(26)24-19-13-14-28-20-12-8-7-11-18(19)20/h4-12,16,19,21H,3,13-15H2,1-2H3,(H,24,26)(H,25,27)/t16-,19?,21-/m0/s1. The van der Waals surface area contributed by atoms with Crippen LogP contribution in [-0.4, -0.2) is 24.6 Å². The number of hydrogen-bond acceptors (Lipinski definition) is 4. The summed E-state index contributed by atoms with van der Waals surface area (Å²) in [6.07, 6.45) is 0.845. The Morgan fingerprint density at radius 1 is 1.14 bits per heavy atom. The van der Waals surface area contributed by atoms with Gasteiger partial charge >= 0.3 is 6.09 Å². The molecule has 0 spiro atoms. The highest BCUT2D eigenvalue weighted by molar-refractivity contribution is 5.86. The van der Waals surface area contributed by atoms with Gasteiger partial charge in [-0.1, -0.05) is 68.8 Å². The van der Waals surface area contributed by atoms with Crippen molar-refractivity contribution in [3.8, 4) is 5.75 Å². The number of para-hydroxylation sites is 1. The van der Waals surface area contributed by atoms with Gasteiger partial charge in [0.05, 0.1) is 12.6 Å². The summed E-state index contributed by atoms with van der Waals surface area (Å²) in [6.45, 7) is 4.64. The fourth-order valence-electron chi connectivity index (χ4n) is 3.35. The SMILES string of the molecule is CC[C@H](C)[C@H](NC(=O)OCc1ccccc1)C(=O)NC1CCOc2ccccc21. The normalized spacial score (nSPS) is 17.2. The van der Waals surface area contributed by atoms with Crippen molar-refractivity contribution in [1.29, 1.82) is 0 Å². The van der Waals surface area contributed by atoms with Gasteiger partial charge in [-0.2, -0.15) is 0 Å². The molecule has 2 amide bonds. The van der Waals surface area contributed by atoms with Crippen LogP contribution in [0.5, 0.6) is 5.75 Å². The van der Waals surface area contributed by atoms with Gasteiger partial charge in [0.15, 0.2) is 0 Å². The molecule has 0 bridgehead atoms. The summed E-state index contributed by atoms with van der Waals surface area (Å²) in [6, 6.07) is 16.3. The van der Waals surface area contributed by atoms with E-state index in [-0.39, 0.29) is 24.5 Å². The van der Waals surface area contributed by atoms with E-state index < -0.39 is 12.1 Å². The molecule has 1 unspecified atom stereocenters. The zero-order chi connectivity index (χ0) is 20.6. The van der Waals surface area contributed by atoms with Gasteiger partial charge in [-0.3, -0.25) is 4.79 Å². The van der Waals surface area contributed by atoms with Crippen molar-refractivity contribution in [3.63, 3.8) is 0 Å². The molecule has 29 heavy (non-hydrogen) atoms.